The third-order valence-corrected chi connectivity index (χ3v) is 3.80. The number of halogens is 1. The van der Waals surface area contributed by atoms with Crippen LogP contribution in [0.2, 0.25) is 0 Å². The highest BCUT2D eigenvalue weighted by atomic mass is 19.1. The van der Waals surface area contributed by atoms with Crippen LogP contribution < -0.4 is 0 Å². The average molecular weight is 292 g/mol. The van der Waals surface area contributed by atoms with Crippen LogP contribution in [-0.2, 0) is 0 Å². The zero-order valence-corrected chi connectivity index (χ0v) is 12.2. The minimum absolute atomic E-state index is 0.245. The Morgan fingerprint density at radius 2 is 1.91 bits per heavy atom. The Balaban J connectivity index is 2.06. The van der Waals surface area contributed by atoms with Gasteiger partial charge in [-0.15, -0.1) is 0 Å². The average Bonchev–Trinajstić information content (AvgIpc) is 2.90. The molecular weight excluding hydrogens is 279 g/mol. The van der Waals surface area contributed by atoms with Crippen LogP contribution in [0.1, 0.15) is 11.1 Å². The molecule has 1 aromatic carbocycles. The molecule has 0 fully saturated rings. The first-order chi connectivity index (χ1) is 10.6. The number of fused-ring (bicyclic) bond motifs is 2. The van der Waals surface area contributed by atoms with Gasteiger partial charge in [0.25, 0.3) is 0 Å². The van der Waals surface area contributed by atoms with Crippen LogP contribution in [0.4, 0.5) is 4.39 Å². The second-order valence-electron chi connectivity index (χ2n) is 5.43. The van der Waals surface area contributed by atoms with Crippen LogP contribution in [0.3, 0.4) is 0 Å². The Labute approximate surface area is 126 Å². The molecule has 0 spiro atoms. The smallest absolute Gasteiger partial charge is 0.162 e. The molecule has 0 aliphatic heterocycles. The van der Waals surface area contributed by atoms with E-state index in [2.05, 4.69) is 15.1 Å². The third kappa shape index (κ3) is 1.86. The van der Waals surface area contributed by atoms with Crippen LogP contribution in [0, 0.1) is 19.7 Å². The maximum atomic E-state index is 13.8. The number of nitrogens with zero attached hydrogens (tertiary/aromatic N) is 4. The lowest BCUT2D eigenvalue weighted by molar-refractivity contribution is 0.620. The van der Waals surface area contributed by atoms with E-state index < -0.39 is 0 Å². The summed E-state index contributed by atoms with van der Waals surface area (Å²) in [5.74, 6) is -0.245. The number of hydrogen-bond acceptors (Lipinski definition) is 3. The molecule has 0 aliphatic carbocycles. The molecule has 3 heterocycles. The zero-order chi connectivity index (χ0) is 15.3. The van der Waals surface area contributed by atoms with Crippen molar-refractivity contribution in [1.82, 2.24) is 19.6 Å². The number of aromatic nitrogens is 4. The van der Waals surface area contributed by atoms with E-state index in [1.807, 2.05) is 31.5 Å². The Kier molecular flexibility index (Phi) is 2.69. The van der Waals surface area contributed by atoms with Crippen molar-refractivity contribution in [3.05, 3.63) is 59.9 Å². The summed E-state index contributed by atoms with van der Waals surface area (Å²) in [6, 6.07) is 5.21. The normalized spacial score (nSPS) is 11.4. The minimum Gasteiger partial charge on any atom is -0.256 e. The van der Waals surface area contributed by atoms with Gasteiger partial charge in [0.05, 0.1) is 11.7 Å². The quantitative estimate of drug-likeness (QED) is 0.537. The molecule has 0 saturated heterocycles. The van der Waals surface area contributed by atoms with E-state index in [0.717, 1.165) is 27.7 Å². The molecule has 0 saturated carbocycles. The summed E-state index contributed by atoms with van der Waals surface area (Å²) in [6.45, 7) is 3.73. The van der Waals surface area contributed by atoms with E-state index in [-0.39, 0.29) is 5.82 Å². The summed E-state index contributed by atoms with van der Waals surface area (Å²) in [5.41, 5.74) is 4.92. The fourth-order valence-electron chi connectivity index (χ4n) is 2.67. The summed E-state index contributed by atoms with van der Waals surface area (Å²) < 4.78 is 15.5. The summed E-state index contributed by atoms with van der Waals surface area (Å²) in [7, 11) is 0. The third-order valence-electron chi connectivity index (χ3n) is 3.80. The van der Waals surface area contributed by atoms with Crippen molar-refractivity contribution < 1.29 is 4.39 Å². The summed E-state index contributed by atoms with van der Waals surface area (Å²) in [6.07, 6.45) is 7.22. The number of aryl methyl sites for hydroxylation is 2. The Hall–Kier alpha value is -2.82. The molecule has 0 aliphatic rings. The molecule has 0 amide bonds. The monoisotopic (exact) mass is 292 g/mol. The van der Waals surface area contributed by atoms with Gasteiger partial charge in [-0.3, -0.25) is 4.98 Å². The van der Waals surface area contributed by atoms with Gasteiger partial charge in [-0.25, -0.2) is 13.9 Å². The molecule has 0 N–H and O–H groups in total. The molecule has 4 rings (SSSR count). The Morgan fingerprint density at radius 1 is 1.05 bits per heavy atom. The van der Waals surface area contributed by atoms with Crippen LogP contribution in [0.15, 0.2) is 43.0 Å². The van der Waals surface area contributed by atoms with Gasteiger partial charge in [-0.2, -0.15) is 5.10 Å². The van der Waals surface area contributed by atoms with Crippen LogP contribution >= 0.6 is 0 Å². The topological polar surface area (TPSA) is 43.1 Å². The zero-order valence-electron chi connectivity index (χ0n) is 12.2. The van der Waals surface area contributed by atoms with Gasteiger partial charge >= 0.3 is 0 Å². The van der Waals surface area contributed by atoms with E-state index in [9.17, 15) is 4.39 Å². The predicted molar refractivity (Wildman–Crippen MR) is 83.2 cm³/mol. The number of rotatable bonds is 1. The van der Waals surface area contributed by atoms with E-state index >= 15 is 0 Å². The first-order valence-electron chi connectivity index (χ1n) is 6.99. The number of benzene rings is 1. The molecule has 0 atom stereocenters. The molecule has 22 heavy (non-hydrogen) atoms. The SMILES string of the molecule is Cc1cnc2c(-c3ccnc4cc(F)c(C)cc34)cnn2c1. The number of pyridine rings is 1. The Morgan fingerprint density at radius 3 is 2.77 bits per heavy atom. The van der Waals surface area contributed by atoms with Crippen molar-refractivity contribution in [1.29, 1.82) is 0 Å². The summed E-state index contributed by atoms with van der Waals surface area (Å²) in [5, 5.41) is 5.26. The molecule has 3 aromatic heterocycles. The lowest BCUT2D eigenvalue weighted by Gasteiger charge is -2.06. The predicted octanol–water partition coefficient (Wildman–Crippen LogP) is 3.70. The highest BCUT2D eigenvalue weighted by Gasteiger charge is 2.13. The molecule has 108 valence electrons. The van der Waals surface area contributed by atoms with Gasteiger partial charge in [0, 0.05) is 35.6 Å². The minimum atomic E-state index is -0.245. The van der Waals surface area contributed by atoms with Crippen LogP contribution in [0.5, 0.6) is 0 Å². The van der Waals surface area contributed by atoms with Gasteiger partial charge in [-0.05, 0) is 42.7 Å². The largest absolute Gasteiger partial charge is 0.256 e. The first-order valence-corrected chi connectivity index (χ1v) is 6.99. The maximum absolute atomic E-state index is 13.8. The fraction of sp³-hybridized carbons (Fsp3) is 0.118. The van der Waals surface area contributed by atoms with Gasteiger partial charge < -0.3 is 0 Å². The van der Waals surface area contributed by atoms with Gasteiger partial charge in [0.1, 0.15) is 5.82 Å². The van der Waals surface area contributed by atoms with Gasteiger partial charge in [0.2, 0.25) is 0 Å². The van der Waals surface area contributed by atoms with E-state index in [0.29, 0.717) is 11.1 Å². The van der Waals surface area contributed by atoms with E-state index in [1.165, 1.54) is 6.07 Å². The molecule has 0 unspecified atom stereocenters. The standard InChI is InChI=1S/C17H13FN4/c1-10-7-20-17-14(8-21-22(17)9-10)12-3-4-19-16-6-15(18)11(2)5-13(12)16/h3-9H,1-2H3. The van der Waals surface area contributed by atoms with Gasteiger partial charge in [0.15, 0.2) is 5.65 Å². The molecule has 0 radical (unpaired) electrons. The van der Waals surface area contributed by atoms with Crippen LogP contribution in [-0.4, -0.2) is 19.6 Å². The first kappa shape index (κ1) is 12.9. The lowest BCUT2D eigenvalue weighted by Crippen LogP contribution is -1.92. The highest BCUT2D eigenvalue weighted by molar-refractivity contribution is 5.97. The highest BCUT2D eigenvalue weighted by Crippen LogP contribution is 2.31. The molecular formula is C17H13FN4. The lowest BCUT2D eigenvalue weighted by atomic mass is 10.0. The Bertz CT molecular complexity index is 1020. The summed E-state index contributed by atoms with van der Waals surface area (Å²) in [4.78, 5) is 8.73. The van der Waals surface area contributed by atoms with Gasteiger partial charge in [-0.1, -0.05) is 0 Å². The van der Waals surface area contributed by atoms with Crippen molar-refractivity contribution in [2.75, 3.05) is 0 Å². The van der Waals surface area contributed by atoms with Crippen molar-refractivity contribution in [2.24, 2.45) is 0 Å². The van der Waals surface area contributed by atoms with E-state index in [1.54, 1.807) is 23.8 Å². The van der Waals surface area contributed by atoms with Crippen molar-refractivity contribution in [3.8, 4) is 11.1 Å². The molecule has 5 heteroatoms. The van der Waals surface area contributed by atoms with Crippen molar-refractivity contribution in [3.63, 3.8) is 0 Å². The maximum Gasteiger partial charge on any atom is 0.162 e. The molecule has 4 aromatic rings. The number of hydrogen-bond donors (Lipinski definition) is 0. The van der Waals surface area contributed by atoms with E-state index in [4.69, 9.17) is 0 Å². The molecule has 0 bridgehead atoms. The van der Waals surface area contributed by atoms with Crippen LogP contribution in [0.25, 0.3) is 27.7 Å². The molecule has 4 nitrogen and oxygen atoms in total. The second-order valence-corrected chi connectivity index (χ2v) is 5.43. The summed E-state index contributed by atoms with van der Waals surface area (Å²) >= 11 is 0. The van der Waals surface area contributed by atoms with Crippen molar-refractivity contribution >= 4 is 16.6 Å². The fourth-order valence-corrected chi connectivity index (χ4v) is 2.67. The second kappa shape index (κ2) is 4.59. The van der Waals surface area contributed by atoms with Crippen molar-refractivity contribution in [2.45, 2.75) is 13.8 Å².